The van der Waals surface area contributed by atoms with Crippen molar-refractivity contribution >= 4 is 21.6 Å². The highest BCUT2D eigenvalue weighted by atomic mass is 35.5. The van der Waals surface area contributed by atoms with E-state index in [1.54, 1.807) is 7.05 Å². The predicted octanol–water partition coefficient (Wildman–Crippen LogP) is 0.940. The molecular weight excluding hydrogens is 288 g/mol. The molecule has 1 aromatic rings. The van der Waals surface area contributed by atoms with Gasteiger partial charge in [-0.05, 0) is 19.5 Å². The number of hydrogen-bond donors (Lipinski definition) is 1. The molecule has 0 radical (unpaired) electrons. The molecule has 0 amide bonds. The van der Waals surface area contributed by atoms with Gasteiger partial charge in [-0.3, -0.25) is 0 Å². The zero-order valence-corrected chi connectivity index (χ0v) is 13.5. The Kier molecular flexibility index (Phi) is 5.00. The first-order valence-corrected chi connectivity index (χ1v) is 7.72. The van der Waals surface area contributed by atoms with Gasteiger partial charge in [0, 0.05) is 20.1 Å². The van der Waals surface area contributed by atoms with Crippen molar-refractivity contribution in [2.45, 2.75) is 18.9 Å². The van der Waals surface area contributed by atoms with E-state index in [-0.39, 0.29) is 15.6 Å². The van der Waals surface area contributed by atoms with Crippen LogP contribution in [0.1, 0.15) is 13.8 Å². The smallest absolute Gasteiger partial charge is 0.261 e. The maximum absolute atomic E-state index is 12.1. The van der Waals surface area contributed by atoms with Crippen LogP contribution in [-0.2, 0) is 17.1 Å². The highest BCUT2D eigenvalue weighted by Crippen LogP contribution is 2.20. The van der Waals surface area contributed by atoms with Crippen LogP contribution in [0.5, 0.6) is 0 Å². The van der Waals surface area contributed by atoms with Crippen molar-refractivity contribution in [2.75, 3.05) is 27.2 Å². The van der Waals surface area contributed by atoms with Crippen molar-refractivity contribution in [3.05, 3.63) is 11.5 Å². The summed E-state index contributed by atoms with van der Waals surface area (Å²) in [7, 11) is 1.87. The molecule has 1 aromatic heterocycles. The van der Waals surface area contributed by atoms with Crippen molar-refractivity contribution in [3.8, 4) is 0 Å². The van der Waals surface area contributed by atoms with E-state index >= 15 is 0 Å². The summed E-state index contributed by atoms with van der Waals surface area (Å²) in [6, 6.07) is 0. The molecule has 0 saturated heterocycles. The number of aromatic nitrogens is 2. The Labute approximate surface area is 119 Å². The third-order valence-electron chi connectivity index (χ3n) is 2.57. The summed E-state index contributed by atoms with van der Waals surface area (Å²) in [6.07, 6.45) is 1.38. The minimum Gasteiger partial charge on any atom is -0.324 e. The zero-order valence-electron chi connectivity index (χ0n) is 11.9. The van der Waals surface area contributed by atoms with Crippen LogP contribution < -0.4 is 4.72 Å². The van der Waals surface area contributed by atoms with Gasteiger partial charge < -0.3 is 9.47 Å². The van der Waals surface area contributed by atoms with Crippen LogP contribution in [0.25, 0.3) is 0 Å². The maximum atomic E-state index is 12.1. The van der Waals surface area contributed by atoms with Crippen molar-refractivity contribution in [2.24, 2.45) is 12.5 Å². The number of halogens is 1. The molecule has 1 heterocycles. The molecule has 0 aliphatic carbocycles. The summed E-state index contributed by atoms with van der Waals surface area (Å²) in [6.45, 7) is 5.08. The molecule has 0 unspecified atom stereocenters. The molecule has 0 aliphatic heterocycles. The SMILES string of the molecule is CN(C)CC(C)(C)CNS(=O)(=O)c1ncn(C)c1Cl. The molecule has 6 nitrogen and oxygen atoms in total. The Hall–Kier alpha value is -0.630. The van der Waals surface area contributed by atoms with Crippen LogP contribution in [-0.4, -0.2) is 50.1 Å². The number of rotatable bonds is 6. The number of hydrogen-bond acceptors (Lipinski definition) is 4. The molecular formula is C11H21ClN4O2S. The van der Waals surface area contributed by atoms with Crippen LogP contribution in [0.4, 0.5) is 0 Å². The van der Waals surface area contributed by atoms with Crippen LogP contribution in [0, 0.1) is 5.41 Å². The first kappa shape index (κ1) is 16.4. The van der Waals surface area contributed by atoms with Crippen LogP contribution in [0.15, 0.2) is 11.4 Å². The van der Waals surface area contributed by atoms with Gasteiger partial charge in [0.05, 0.1) is 6.33 Å². The molecule has 0 bridgehead atoms. The molecule has 8 heteroatoms. The van der Waals surface area contributed by atoms with E-state index in [2.05, 4.69) is 9.71 Å². The quantitative estimate of drug-likeness (QED) is 0.849. The minimum atomic E-state index is -3.67. The van der Waals surface area contributed by atoms with Gasteiger partial charge in [-0.25, -0.2) is 18.1 Å². The normalized spacial score (nSPS) is 13.2. The summed E-state index contributed by atoms with van der Waals surface area (Å²) in [5, 5.41) is -0.0183. The van der Waals surface area contributed by atoms with Crippen molar-refractivity contribution < 1.29 is 8.42 Å². The van der Waals surface area contributed by atoms with Gasteiger partial charge in [-0.1, -0.05) is 25.4 Å². The second-order valence-corrected chi connectivity index (χ2v) is 7.72. The monoisotopic (exact) mass is 308 g/mol. The average Bonchev–Trinajstić information content (AvgIpc) is 2.56. The Morgan fingerprint density at radius 1 is 1.47 bits per heavy atom. The minimum absolute atomic E-state index is 0.109. The van der Waals surface area contributed by atoms with E-state index in [9.17, 15) is 8.42 Å². The third-order valence-corrected chi connectivity index (χ3v) is 4.46. The summed E-state index contributed by atoms with van der Waals surface area (Å²) >= 11 is 5.90. The van der Waals surface area contributed by atoms with Crippen molar-refractivity contribution in [1.29, 1.82) is 0 Å². The molecule has 0 atom stereocenters. The van der Waals surface area contributed by atoms with Gasteiger partial charge in [-0.15, -0.1) is 0 Å². The molecule has 0 spiro atoms. The molecule has 110 valence electrons. The Morgan fingerprint density at radius 3 is 2.47 bits per heavy atom. The van der Waals surface area contributed by atoms with Gasteiger partial charge in [0.25, 0.3) is 10.0 Å². The van der Waals surface area contributed by atoms with Gasteiger partial charge >= 0.3 is 0 Å². The lowest BCUT2D eigenvalue weighted by atomic mass is 9.93. The molecule has 0 aromatic carbocycles. The summed E-state index contributed by atoms with van der Waals surface area (Å²) in [4.78, 5) is 5.83. The van der Waals surface area contributed by atoms with Crippen LogP contribution in [0.3, 0.4) is 0 Å². The summed E-state index contributed by atoms with van der Waals surface area (Å²) in [5.41, 5.74) is -0.183. The zero-order chi connectivity index (χ0) is 14.8. The van der Waals surface area contributed by atoms with E-state index in [1.165, 1.54) is 10.9 Å². The number of nitrogens with one attached hydrogen (secondary N) is 1. The Balaban J connectivity index is 2.79. The first-order chi connectivity index (χ1) is 8.55. The predicted molar refractivity (Wildman–Crippen MR) is 75.7 cm³/mol. The fourth-order valence-electron chi connectivity index (χ4n) is 1.84. The van der Waals surface area contributed by atoms with E-state index in [0.717, 1.165) is 6.54 Å². The van der Waals surface area contributed by atoms with Crippen molar-refractivity contribution in [3.63, 3.8) is 0 Å². The number of imidazole rings is 1. The fourth-order valence-corrected chi connectivity index (χ4v) is 3.51. The summed E-state index contributed by atoms with van der Waals surface area (Å²) < 4.78 is 28.2. The second-order valence-electron chi connectivity index (χ2n) is 5.68. The topological polar surface area (TPSA) is 67.2 Å². The van der Waals surface area contributed by atoms with Crippen molar-refractivity contribution in [1.82, 2.24) is 19.2 Å². The highest BCUT2D eigenvalue weighted by Gasteiger charge is 2.26. The Morgan fingerprint density at radius 2 is 2.05 bits per heavy atom. The maximum Gasteiger partial charge on any atom is 0.261 e. The summed E-state index contributed by atoms with van der Waals surface area (Å²) in [5.74, 6) is 0. The van der Waals surface area contributed by atoms with E-state index in [0.29, 0.717) is 6.54 Å². The Bertz CT molecular complexity index is 537. The molecule has 0 saturated carbocycles. The van der Waals surface area contributed by atoms with Gasteiger partial charge in [0.2, 0.25) is 5.03 Å². The molecule has 0 aliphatic rings. The van der Waals surface area contributed by atoms with Gasteiger partial charge in [-0.2, -0.15) is 0 Å². The van der Waals surface area contributed by atoms with Crippen LogP contribution in [0.2, 0.25) is 5.15 Å². The van der Waals surface area contributed by atoms with E-state index < -0.39 is 10.0 Å². The standard InChI is InChI=1S/C11H21ClN4O2S/c1-11(2,7-15(3)4)6-14-19(17,18)10-9(12)16(5)8-13-10/h8,14H,6-7H2,1-5H3. The first-order valence-electron chi connectivity index (χ1n) is 5.86. The largest absolute Gasteiger partial charge is 0.324 e. The lowest BCUT2D eigenvalue weighted by molar-refractivity contribution is 0.242. The van der Waals surface area contributed by atoms with E-state index in [4.69, 9.17) is 11.6 Å². The van der Waals surface area contributed by atoms with Gasteiger partial charge in [0.1, 0.15) is 5.15 Å². The van der Waals surface area contributed by atoms with Gasteiger partial charge in [0.15, 0.2) is 0 Å². The van der Waals surface area contributed by atoms with Crippen LogP contribution >= 0.6 is 11.6 Å². The van der Waals surface area contributed by atoms with E-state index in [1.807, 2.05) is 32.8 Å². The molecule has 1 rings (SSSR count). The molecule has 1 N–H and O–H groups in total. The second kappa shape index (κ2) is 5.78. The number of nitrogens with zero attached hydrogens (tertiary/aromatic N) is 3. The number of sulfonamides is 1. The lowest BCUT2D eigenvalue weighted by Crippen LogP contribution is -2.40. The fraction of sp³-hybridized carbons (Fsp3) is 0.727. The lowest BCUT2D eigenvalue weighted by Gasteiger charge is -2.28. The average molecular weight is 309 g/mol. The number of aryl methyl sites for hydroxylation is 1. The third kappa shape index (κ3) is 4.45. The molecule has 0 fully saturated rings. The highest BCUT2D eigenvalue weighted by molar-refractivity contribution is 7.89. The molecule has 19 heavy (non-hydrogen) atoms.